The standard InChI is InChI=1S/C16H11BrN12/c17-14-15-24-7-25-16(14)29-13-3-11(21-6-23-13)27-9-1-8(18-4-19-9)26-10-2-12(28-15)22-5-20-10/h1-7H,(H4,18,19,20,21,22,23,24,25,26,27,28,29). The van der Waals surface area contributed by atoms with Crippen molar-refractivity contribution >= 4 is 62.5 Å². The van der Waals surface area contributed by atoms with E-state index in [-0.39, 0.29) is 0 Å². The largest absolute Gasteiger partial charge is 0.325 e. The number of aromatic nitrogens is 8. The van der Waals surface area contributed by atoms with Gasteiger partial charge in [-0.3, -0.25) is 0 Å². The Bertz CT molecular complexity index is 1110. The molecule has 0 amide bonds. The van der Waals surface area contributed by atoms with Gasteiger partial charge < -0.3 is 21.3 Å². The monoisotopic (exact) mass is 450 g/mol. The number of nitrogens with one attached hydrogen (secondary N) is 4. The molecule has 4 aromatic rings. The third kappa shape index (κ3) is 3.70. The third-order valence-corrected chi connectivity index (χ3v) is 4.55. The van der Waals surface area contributed by atoms with Gasteiger partial charge >= 0.3 is 0 Å². The first-order chi connectivity index (χ1) is 14.2. The zero-order valence-electron chi connectivity index (χ0n) is 14.5. The van der Waals surface area contributed by atoms with Crippen LogP contribution >= 0.6 is 15.9 Å². The van der Waals surface area contributed by atoms with Crippen LogP contribution < -0.4 is 21.3 Å². The van der Waals surface area contributed by atoms with E-state index in [4.69, 9.17) is 0 Å². The van der Waals surface area contributed by atoms with E-state index in [0.717, 1.165) is 0 Å². The molecular formula is C16H11BrN12. The maximum Gasteiger partial charge on any atom is 0.151 e. The first-order valence-electron chi connectivity index (χ1n) is 8.28. The predicted octanol–water partition coefficient (Wildman–Crippen LogP) is 2.90. The Hall–Kier alpha value is -4.00. The number of hydrogen-bond donors (Lipinski definition) is 4. The van der Waals surface area contributed by atoms with Gasteiger partial charge in [-0.2, -0.15) is 0 Å². The molecule has 1 aliphatic heterocycles. The van der Waals surface area contributed by atoms with Crippen LogP contribution in [0.15, 0.2) is 48.0 Å². The van der Waals surface area contributed by atoms with E-state index in [9.17, 15) is 0 Å². The highest BCUT2D eigenvalue weighted by atomic mass is 79.9. The van der Waals surface area contributed by atoms with Gasteiger partial charge in [0.05, 0.1) is 0 Å². The first kappa shape index (κ1) is 17.1. The predicted molar refractivity (Wildman–Crippen MR) is 109 cm³/mol. The Morgan fingerprint density at radius 2 is 0.759 bits per heavy atom. The van der Waals surface area contributed by atoms with Crippen LogP contribution in [0, 0.1) is 0 Å². The average molecular weight is 451 g/mol. The van der Waals surface area contributed by atoms with Crippen molar-refractivity contribution in [3.8, 4) is 0 Å². The van der Waals surface area contributed by atoms with Crippen molar-refractivity contribution < 1.29 is 0 Å². The van der Waals surface area contributed by atoms with Crippen LogP contribution in [-0.2, 0) is 0 Å². The number of hydrogen-bond acceptors (Lipinski definition) is 12. The lowest BCUT2D eigenvalue weighted by molar-refractivity contribution is 1.10. The number of nitrogens with zero attached hydrogens (tertiary/aromatic N) is 8. The second-order valence-corrected chi connectivity index (χ2v) is 6.54. The molecular weight excluding hydrogens is 440 g/mol. The summed E-state index contributed by atoms with van der Waals surface area (Å²) in [5, 5.41) is 12.5. The Morgan fingerprint density at radius 1 is 0.448 bits per heavy atom. The molecule has 0 saturated heterocycles. The van der Waals surface area contributed by atoms with Crippen molar-refractivity contribution in [2.45, 2.75) is 0 Å². The van der Waals surface area contributed by atoms with Crippen molar-refractivity contribution in [3.63, 3.8) is 0 Å². The minimum absolute atomic E-state index is 0.524. The molecule has 0 atom stereocenters. The lowest BCUT2D eigenvalue weighted by atomic mass is 10.4. The van der Waals surface area contributed by atoms with Gasteiger partial charge in [0.25, 0.3) is 0 Å². The topological polar surface area (TPSA) is 151 Å². The fraction of sp³-hybridized carbons (Fsp3) is 0. The molecule has 29 heavy (non-hydrogen) atoms. The van der Waals surface area contributed by atoms with Crippen LogP contribution in [0.25, 0.3) is 0 Å². The quantitative estimate of drug-likeness (QED) is 0.274. The molecule has 5 heterocycles. The van der Waals surface area contributed by atoms with E-state index in [2.05, 4.69) is 77.1 Å². The zero-order chi connectivity index (χ0) is 19.6. The van der Waals surface area contributed by atoms with E-state index in [1.165, 1.54) is 25.3 Å². The van der Waals surface area contributed by atoms with Crippen LogP contribution in [0.4, 0.5) is 46.5 Å². The fourth-order valence-corrected chi connectivity index (χ4v) is 2.93. The van der Waals surface area contributed by atoms with Crippen molar-refractivity contribution in [3.05, 3.63) is 48.0 Å². The highest BCUT2D eigenvalue weighted by molar-refractivity contribution is 9.10. The number of rotatable bonds is 0. The second kappa shape index (κ2) is 7.20. The van der Waals surface area contributed by atoms with E-state index in [1.54, 1.807) is 18.2 Å². The van der Waals surface area contributed by atoms with Gasteiger partial charge in [0.15, 0.2) is 11.6 Å². The fourth-order valence-electron chi connectivity index (χ4n) is 2.53. The molecule has 0 saturated carbocycles. The van der Waals surface area contributed by atoms with Crippen molar-refractivity contribution in [1.29, 1.82) is 0 Å². The minimum atomic E-state index is 0.524. The summed E-state index contributed by atoms with van der Waals surface area (Å²) < 4.78 is 0.613. The molecule has 13 heteroatoms. The summed E-state index contributed by atoms with van der Waals surface area (Å²) in [4.78, 5) is 33.8. The number of fused-ring (bicyclic) bond motifs is 8. The van der Waals surface area contributed by atoms with Crippen LogP contribution in [0.5, 0.6) is 0 Å². The second-order valence-electron chi connectivity index (χ2n) is 5.75. The third-order valence-electron chi connectivity index (χ3n) is 3.80. The highest BCUT2D eigenvalue weighted by Gasteiger charge is 2.12. The molecule has 0 spiro atoms. The molecule has 0 unspecified atom stereocenters. The molecule has 0 aromatic carbocycles. The number of halogens is 1. The smallest absolute Gasteiger partial charge is 0.151 e. The highest BCUT2D eigenvalue weighted by Crippen LogP contribution is 2.31. The molecule has 142 valence electrons. The van der Waals surface area contributed by atoms with Crippen molar-refractivity contribution in [1.82, 2.24) is 39.9 Å². The Kier molecular flexibility index (Phi) is 4.25. The molecule has 0 aliphatic carbocycles. The molecule has 4 N–H and O–H groups in total. The van der Waals surface area contributed by atoms with Crippen molar-refractivity contribution in [2.24, 2.45) is 0 Å². The molecule has 8 bridgehead atoms. The van der Waals surface area contributed by atoms with Gasteiger partial charge in [0.1, 0.15) is 64.7 Å². The van der Waals surface area contributed by atoms with Crippen LogP contribution in [0.1, 0.15) is 0 Å². The van der Waals surface area contributed by atoms with Crippen LogP contribution in [-0.4, -0.2) is 39.9 Å². The summed E-state index contributed by atoms with van der Waals surface area (Å²) in [5.41, 5.74) is 0. The van der Waals surface area contributed by atoms with Crippen molar-refractivity contribution in [2.75, 3.05) is 21.3 Å². The summed E-state index contributed by atoms with van der Waals surface area (Å²) in [6.45, 7) is 0. The summed E-state index contributed by atoms with van der Waals surface area (Å²) in [6.07, 6.45) is 5.73. The lowest BCUT2D eigenvalue weighted by Crippen LogP contribution is -2.06. The minimum Gasteiger partial charge on any atom is -0.325 e. The van der Waals surface area contributed by atoms with E-state index in [0.29, 0.717) is 51.0 Å². The Labute approximate surface area is 171 Å². The van der Waals surface area contributed by atoms with E-state index < -0.39 is 0 Å². The summed E-state index contributed by atoms with van der Waals surface area (Å²) in [5.74, 6) is 4.33. The van der Waals surface area contributed by atoms with Crippen LogP contribution in [0.3, 0.4) is 0 Å². The molecule has 5 rings (SSSR count). The SMILES string of the molecule is Brc1c2ncnc1Nc1cc(ncn1)Nc1cc(ncn1)Nc1cc(ncn1)N2. The zero-order valence-corrected chi connectivity index (χ0v) is 16.1. The lowest BCUT2D eigenvalue weighted by Gasteiger charge is -2.13. The maximum absolute atomic E-state index is 4.26. The summed E-state index contributed by atoms with van der Waals surface area (Å²) in [6, 6.07) is 5.20. The molecule has 0 fully saturated rings. The van der Waals surface area contributed by atoms with Gasteiger partial charge in [0.2, 0.25) is 0 Å². The van der Waals surface area contributed by atoms with Gasteiger partial charge in [0, 0.05) is 18.2 Å². The molecule has 1 aliphatic rings. The maximum atomic E-state index is 4.26. The van der Waals surface area contributed by atoms with Crippen LogP contribution in [0.2, 0.25) is 0 Å². The average Bonchev–Trinajstić information content (AvgIpc) is 2.71. The molecule has 0 radical (unpaired) electrons. The summed E-state index contributed by atoms with van der Waals surface area (Å²) >= 11 is 3.52. The molecule has 4 aromatic heterocycles. The summed E-state index contributed by atoms with van der Waals surface area (Å²) in [7, 11) is 0. The normalized spacial score (nSPS) is 12.0. The Morgan fingerprint density at radius 3 is 1.14 bits per heavy atom. The van der Waals surface area contributed by atoms with Gasteiger partial charge in [-0.1, -0.05) is 0 Å². The first-order valence-corrected chi connectivity index (χ1v) is 9.07. The number of anilines is 8. The van der Waals surface area contributed by atoms with Gasteiger partial charge in [-0.05, 0) is 15.9 Å². The van der Waals surface area contributed by atoms with Gasteiger partial charge in [-0.15, -0.1) is 0 Å². The van der Waals surface area contributed by atoms with E-state index in [1.807, 2.05) is 0 Å². The van der Waals surface area contributed by atoms with E-state index >= 15 is 0 Å². The Balaban J connectivity index is 1.63. The van der Waals surface area contributed by atoms with Gasteiger partial charge in [-0.25, -0.2) is 39.9 Å². The molecule has 12 nitrogen and oxygen atoms in total.